The summed E-state index contributed by atoms with van der Waals surface area (Å²) in [5, 5.41) is 0. The second kappa shape index (κ2) is 15.3. The lowest BCUT2D eigenvalue weighted by atomic mass is 9.75. The van der Waals surface area contributed by atoms with E-state index in [4.69, 9.17) is 19.4 Å². The van der Waals surface area contributed by atoms with Crippen LogP contribution in [0.3, 0.4) is 0 Å². The van der Waals surface area contributed by atoms with Gasteiger partial charge in [0.05, 0.1) is 36.9 Å². The number of piperidine rings is 2. The zero-order valence-electron chi connectivity index (χ0n) is 29.0. The van der Waals surface area contributed by atoms with E-state index in [2.05, 4.69) is 75.0 Å². The molecule has 4 heterocycles. The van der Waals surface area contributed by atoms with Crippen LogP contribution < -0.4 is 4.90 Å². The quantitative estimate of drug-likeness (QED) is 0.299. The normalized spacial score (nSPS) is 21.5. The number of piperazine rings is 1. The molecule has 1 aromatic heterocycles. The van der Waals surface area contributed by atoms with Crippen LogP contribution >= 0.6 is 0 Å². The van der Waals surface area contributed by atoms with Gasteiger partial charge >= 0.3 is 0 Å². The van der Waals surface area contributed by atoms with E-state index in [9.17, 15) is 0 Å². The second-order valence-electron chi connectivity index (χ2n) is 16.0. The maximum Gasteiger partial charge on any atom is 0.147 e. The number of anilines is 1. The van der Waals surface area contributed by atoms with Crippen LogP contribution in [0.4, 0.5) is 5.82 Å². The lowest BCUT2D eigenvalue weighted by Gasteiger charge is -2.44. The van der Waals surface area contributed by atoms with Crippen LogP contribution in [-0.4, -0.2) is 122 Å². The molecule has 3 aliphatic heterocycles. The molecule has 1 aromatic rings. The highest BCUT2D eigenvalue weighted by molar-refractivity contribution is 5.37. The third-order valence-electron chi connectivity index (χ3n) is 10.2. The van der Waals surface area contributed by atoms with Crippen LogP contribution in [0.25, 0.3) is 0 Å². The molecule has 3 aliphatic rings. The Bertz CT molecular complexity index is 933. The minimum Gasteiger partial charge on any atom is -0.380 e. The van der Waals surface area contributed by atoms with Crippen molar-refractivity contribution in [3.05, 3.63) is 18.1 Å². The Kier molecular flexibility index (Phi) is 12.3. The summed E-state index contributed by atoms with van der Waals surface area (Å²) in [5.41, 5.74) is 1.38. The fourth-order valence-corrected chi connectivity index (χ4v) is 6.91. The molecule has 8 heteroatoms. The molecular formula is C35H64N6O2. The standard InChI is InChI=1S/C35H64N6O2/c1-33(2,3)29-9-16-40(17-10-29)30-11-14-38(15-12-30)22-25-42-24-13-35(7,8)31-27-37-32(28-36-31)41-20-18-39(19-21-41)23-26-43-34(4,5)6/h27-30H,9-26H2,1-8H3. The van der Waals surface area contributed by atoms with Crippen molar-refractivity contribution in [3.63, 3.8) is 0 Å². The van der Waals surface area contributed by atoms with Crippen molar-refractivity contribution in [1.82, 2.24) is 24.7 Å². The largest absolute Gasteiger partial charge is 0.380 e. The fourth-order valence-electron chi connectivity index (χ4n) is 6.91. The molecule has 0 spiro atoms. The maximum atomic E-state index is 6.13. The summed E-state index contributed by atoms with van der Waals surface area (Å²) in [4.78, 5) is 19.9. The van der Waals surface area contributed by atoms with Crippen LogP contribution in [0.5, 0.6) is 0 Å². The third kappa shape index (κ3) is 10.9. The van der Waals surface area contributed by atoms with E-state index in [1.807, 2.05) is 12.4 Å². The van der Waals surface area contributed by atoms with E-state index in [1.54, 1.807) is 0 Å². The number of aromatic nitrogens is 2. The first-order valence-corrected chi connectivity index (χ1v) is 17.3. The predicted octanol–water partition coefficient (Wildman–Crippen LogP) is 5.32. The Morgan fingerprint density at radius 3 is 1.91 bits per heavy atom. The number of hydrogen-bond donors (Lipinski definition) is 0. The molecule has 3 fully saturated rings. The van der Waals surface area contributed by atoms with Crippen molar-refractivity contribution in [2.24, 2.45) is 11.3 Å². The summed E-state index contributed by atoms with van der Waals surface area (Å²) in [5.74, 6) is 1.87. The van der Waals surface area contributed by atoms with Crippen molar-refractivity contribution < 1.29 is 9.47 Å². The summed E-state index contributed by atoms with van der Waals surface area (Å²) in [7, 11) is 0. The van der Waals surface area contributed by atoms with Crippen LogP contribution in [-0.2, 0) is 14.9 Å². The third-order valence-corrected chi connectivity index (χ3v) is 10.2. The van der Waals surface area contributed by atoms with Gasteiger partial charge in [-0.05, 0) is 90.4 Å². The molecule has 0 amide bonds. The molecule has 0 bridgehead atoms. The number of nitrogens with zero attached hydrogens (tertiary/aromatic N) is 6. The molecule has 3 saturated heterocycles. The summed E-state index contributed by atoms with van der Waals surface area (Å²) in [6.45, 7) is 31.5. The van der Waals surface area contributed by atoms with Gasteiger partial charge < -0.3 is 24.2 Å². The highest BCUT2D eigenvalue weighted by Crippen LogP contribution is 2.35. The van der Waals surface area contributed by atoms with Gasteiger partial charge in [0, 0.05) is 57.3 Å². The van der Waals surface area contributed by atoms with Gasteiger partial charge in [-0.25, -0.2) is 4.98 Å². The van der Waals surface area contributed by atoms with Gasteiger partial charge in [-0.2, -0.15) is 0 Å². The van der Waals surface area contributed by atoms with Crippen molar-refractivity contribution in [3.8, 4) is 0 Å². The Labute approximate surface area is 263 Å². The first kappa shape index (κ1) is 34.6. The molecule has 0 radical (unpaired) electrons. The molecule has 4 rings (SSSR count). The van der Waals surface area contributed by atoms with Gasteiger partial charge in [0.2, 0.25) is 0 Å². The highest BCUT2D eigenvalue weighted by Gasteiger charge is 2.32. The van der Waals surface area contributed by atoms with Crippen LogP contribution in [0, 0.1) is 11.3 Å². The fraction of sp³-hybridized carbons (Fsp3) is 0.886. The zero-order valence-corrected chi connectivity index (χ0v) is 29.0. The molecule has 0 atom stereocenters. The molecule has 8 nitrogen and oxygen atoms in total. The minimum absolute atomic E-state index is 0.0595. The summed E-state index contributed by atoms with van der Waals surface area (Å²) in [6.07, 6.45) is 10.3. The topological polar surface area (TPSA) is 57.2 Å². The average Bonchev–Trinajstić information content (AvgIpc) is 2.97. The van der Waals surface area contributed by atoms with Gasteiger partial charge in [0.15, 0.2) is 0 Å². The lowest BCUT2D eigenvalue weighted by molar-refractivity contribution is -0.0135. The Morgan fingerprint density at radius 1 is 0.698 bits per heavy atom. The second-order valence-corrected chi connectivity index (χ2v) is 16.0. The van der Waals surface area contributed by atoms with Crippen molar-refractivity contribution in [1.29, 1.82) is 0 Å². The summed E-state index contributed by atoms with van der Waals surface area (Å²) in [6, 6.07) is 0.787. The first-order chi connectivity index (χ1) is 20.3. The highest BCUT2D eigenvalue weighted by atomic mass is 16.5. The monoisotopic (exact) mass is 601 g/mol. The molecule has 246 valence electrons. The van der Waals surface area contributed by atoms with Gasteiger partial charge in [-0.3, -0.25) is 9.88 Å². The Balaban J connectivity index is 1.08. The number of rotatable bonds is 12. The van der Waals surface area contributed by atoms with Crippen molar-refractivity contribution in [2.75, 3.05) is 90.2 Å². The average molecular weight is 601 g/mol. The molecule has 0 unspecified atom stereocenters. The van der Waals surface area contributed by atoms with Gasteiger partial charge in [-0.1, -0.05) is 34.6 Å². The van der Waals surface area contributed by atoms with E-state index in [0.717, 1.165) is 89.0 Å². The van der Waals surface area contributed by atoms with Crippen LogP contribution in [0.1, 0.15) is 93.2 Å². The zero-order chi connectivity index (χ0) is 31.1. The van der Waals surface area contributed by atoms with E-state index in [0.29, 0.717) is 5.41 Å². The Morgan fingerprint density at radius 2 is 1.33 bits per heavy atom. The maximum absolute atomic E-state index is 6.13. The lowest BCUT2D eigenvalue weighted by Crippen LogP contribution is -2.49. The van der Waals surface area contributed by atoms with Gasteiger partial charge in [-0.15, -0.1) is 0 Å². The van der Waals surface area contributed by atoms with Crippen molar-refractivity contribution >= 4 is 5.82 Å². The van der Waals surface area contributed by atoms with E-state index < -0.39 is 0 Å². The molecule has 0 N–H and O–H groups in total. The van der Waals surface area contributed by atoms with Crippen LogP contribution in [0.15, 0.2) is 12.4 Å². The predicted molar refractivity (Wildman–Crippen MR) is 178 cm³/mol. The smallest absolute Gasteiger partial charge is 0.147 e. The number of ether oxygens (including phenoxy) is 2. The number of hydrogen-bond acceptors (Lipinski definition) is 8. The first-order valence-electron chi connectivity index (χ1n) is 17.3. The molecule has 0 saturated carbocycles. The van der Waals surface area contributed by atoms with Gasteiger partial charge in [0.25, 0.3) is 0 Å². The van der Waals surface area contributed by atoms with E-state index >= 15 is 0 Å². The minimum atomic E-state index is -0.0691. The number of likely N-dealkylation sites (tertiary alicyclic amines) is 2. The molecule has 0 aromatic carbocycles. The summed E-state index contributed by atoms with van der Waals surface area (Å²) < 4.78 is 12.0. The van der Waals surface area contributed by atoms with E-state index in [1.165, 1.54) is 51.9 Å². The SMILES string of the molecule is CC(C)(C)OCCN1CCN(c2cnc(C(C)(C)CCOCCN3CCC(N4CCC(C(C)(C)C)CC4)CC3)cn2)CC1. The molecular weight excluding hydrogens is 536 g/mol. The van der Waals surface area contributed by atoms with Crippen LogP contribution in [0.2, 0.25) is 0 Å². The van der Waals surface area contributed by atoms with E-state index in [-0.39, 0.29) is 11.0 Å². The Hall–Kier alpha value is -1.32. The molecule has 0 aliphatic carbocycles. The summed E-state index contributed by atoms with van der Waals surface area (Å²) >= 11 is 0. The van der Waals surface area contributed by atoms with Gasteiger partial charge in [0.1, 0.15) is 5.82 Å². The molecule has 43 heavy (non-hydrogen) atoms. The van der Waals surface area contributed by atoms with Crippen molar-refractivity contribution in [2.45, 2.75) is 105 Å².